The minimum absolute atomic E-state index is 0. The second kappa shape index (κ2) is 14.4. The molecule has 0 saturated carbocycles. The summed E-state index contributed by atoms with van der Waals surface area (Å²) in [5.41, 5.74) is 2.48. The van der Waals surface area contributed by atoms with Crippen molar-refractivity contribution in [2.45, 2.75) is 45.4 Å². The molecule has 2 aromatic rings. The zero-order valence-electron chi connectivity index (χ0n) is 18.7. The van der Waals surface area contributed by atoms with E-state index in [1.54, 1.807) is 7.11 Å². The standard InChI is InChI=1S/C23H35N5O2.HI/c1-3-25-23(28-11-8-22(9-12-28)30-15-5-14-29-2)26-17-20-6-4-7-21(16-20)18-27-13-10-24-19-27;/h4,6-7,10,13,16,19,22H,3,5,8-9,11-12,14-15,17-18H2,1-2H3,(H,25,26);1H. The summed E-state index contributed by atoms with van der Waals surface area (Å²) in [4.78, 5) is 11.4. The van der Waals surface area contributed by atoms with Gasteiger partial charge in [0, 0.05) is 58.9 Å². The summed E-state index contributed by atoms with van der Waals surface area (Å²) >= 11 is 0. The van der Waals surface area contributed by atoms with Crippen molar-refractivity contribution in [3.05, 3.63) is 54.1 Å². The minimum Gasteiger partial charge on any atom is -0.385 e. The van der Waals surface area contributed by atoms with Gasteiger partial charge >= 0.3 is 0 Å². The molecule has 0 unspecified atom stereocenters. The van der Waals surface area contributed by atoms with Crippen molar-refractivity contribution >= 4 is 29.9 Å². The number of guanidine groups is 1. The third-order valence-corrected chi connectivity index (χ3v) is 5.25. The van der Waals surface area contributed by atoms with Crippen molar-refractivity contribution in [2.75, 3.05) is 40.0 Å². The fourth-order valence-electron chi connectivity index (χ4n) is 3.70. The molecule has 31 heavy (non-hydrogen) atoms. The molecule has 1 N–H and O–H groups in total. The quantitative estimate of drug-likeness (QED) is 0.216. The monoisotopic (exact) mass is 541 g/mol. The molecule has 0 spiro atoms. The van der Waals surface area contributed by atoms with Gasteiger partial charge in [0.1, 0.15) is 0 Å². The van der Waals surface area contributed by atoms with E-state index in [1.807, 2.05) is 18.7 Å². The Labute approximate surface area is 203 Å². The molecule has 2 heterocycles. The van der Waals surface area contributed by atoms with Gasteiger partial charge in [-0.2, -0.15) is 0 Å². The van der Waals surface area contributed by atoms with Gasteiger partial charge in [0.05, 0.1) is 19.0 Å². The molecule has 1 fully saturated rings. The molecule has 1 aliphatic heterocycles. The number of hydrogen-bond donors (Lipinski definition) is 1. The van der Waals surface area contributed by atoms with E-state index < -0.39 is 0 Å². The molecule has 172 valence electrons. The van der Waals surface area contributed by atoms with E-state index in [4.69, 9.17) is 14.5 Å². The van der Waals surface area contributed by atoms with E-state index in [2.05, 4.69) is 51.0 Å². The molecule has 0 amide bonds. The number of benzene rings is 1. The number of methoxy groups -OCH3 is 1. The first kappa shape index (κ1) is 25.6. The smallest absolute Gasteiger partial charge is 0.194 e. The highest BCUT2D eigenvalue weighted by Crippen LogP contribution is 2.15. The first-order valence-corrected chi connectivity index (χ1v) is 11.0. The summed E-state index contributed by atoms with van der Waals surface area (Å²) in [5.74, 6) is 0.996. The van der Waals surface area contributed by atoms with Crippen LogP contribution in [0.4, 0.5) is 0 Å². The second-order valence-electron chi connectivity index (χ2n) is 7.63. The van der Waals surface area contributed by atoms with Crippen molar-refractivity contribution in [3.8, 4) is 0 Å². The Balaban J connectivity index is 0.00000341. The van der Waals surface area contributed by atoms with E-state index in [0.29, 0.717) is 12.6 Å². The molecule has 0 radical (unpaired) electrons. The largest absolute Gasteiger partial charge is 0.385 e. The highest BCUT2D eigenvalue weighted by atomic mass is 127. The average Bonchev–Trinajstić information content (AvgIpc) is 3.28. The lowest BCUT2D eigenvalue weighted by molar-refractivity contribution is 0.00990. The molecule has 1 aliphatic rings. The highest BCUT2D eigenvalue weighted by Gasteiger charge is 2.21. The van der Waals surface area contributed by atoms with Crippen LogP contribution >= 0.6 is 24.0 Å². The Morgan fingerprint density at radius 1 is 1.23 bits per heavy atom. The number of piperidine rings is 1. The van der Waals surface area contributed by atoms with E-state index in [9.17, 15) is 0 Å². The predicted molar refractivity (Wildman–Crippen MR) is 135 cm³/mol. The Hall–Kier alpha value is -1.65. The number of rotatable bonds is 10. The third kappa shape index (κ3) is 8.78. The van der Waals surface area contributed by atoms with Gasteiger partial charge in [0.25, 0.3) is 0 Å². The normalized spacial score (nSPS) is 15.0. The van der Waals surface area contributed by atoms with Crippen LogP contribution in [0.1, 0.15) is 37.3 Å². The lowest BCUT2D eigenvalue weighted by atomic mass is 10.1. The molecule has 0 bridgehead atoms. The van der Waals surface area contributed by atoms with Crippen molar-refractivity contribution < 1.29 is 9.47 Å². The van der Waals surface area contributed by atoms with Gasteiger partial charge in [-0.25, -0.2) is 9.98 Å². The molecule has 0 atom stereocenters. The number of aromatic nitrogens is 2. The lowest BCUT2D eigenvalue weighted by Crippen LogP contribution is -2.47. The highest BCUT2D eigenvalue weighted by molar-refractivity contribution is 14.0. The second-order valence-corrected chi connectivity index (χ2v) is 7.63. The number of nitrogens with one attached hydrogen (secondary N) is 1. The van der Waals surface area contributed by atoms with Crippen LogP contribution in [0.3, 0.4) is 0 Å². The van der Waals surface area contributed by atoms with Crippen molar-refractivity contribution in [3.63, 3.8) is 0 Å². The molecule has 1 aromatic carbocycles. The first-order valence-electron chi connectivity index (χ1n) is 11.0. The van der Waals surface area contributed by atoms with Gasteiger partial charge in [-0.05, 0) is 37.3 Å². The number of imidazole rings is 1. The van der Waals surface area contributed by atoms with Gasteiger partial charge < -0.3 is 24.3 Å². The van der Waals surface area contributed by atoms with Gasteiger partial charge in [0.2, 0.25) is 0 Å². The molecule has 1 aromatic heterocycles. The number of aliphatic imine (C=N–C) groups is 1. The molecule has 8 heteroatoms. The predicted octanol–water partition coefficient (Wildman–Crippen LogP) is 3.53. The van der Waals surface area contributed by atoms with Gasteiger partial charge in [-0.15, -0.1) is 24.0 Å². The molecule has 3 rings (SSSR count). The topological polar surface area (TPSA) is 63.9 Å². The molecule has 1 saturated heterocycles. The van der Waals surface area contributed by atoms with Crippen LogP contribution in [-0.2, 0) is 22.6 Å². The van der Waals surface area contributed by atoms with E-state index in [0.717, 1.165) is 64.6 Å². The van der Waals surface area contributed by atoms with E-state index in [-0.39, 0.29) is 24.0 Å². The van der Waals surface area contributed by atoms with Crippen LogP contribution < -0.4 is 5.32 Å². The van der Waals surface area contributed by atoms with Crippen molar-refractivity contribution in [1.29, 1.82) is 0 Å². The summed E-state index contributed by atoms with van der Waals surface area (Å²) in [6.45, 7) is 7.98. The first-order chi connectivity index (χ1) is 14.8. The maximum absolute atomic E-state index is 5.99. The Morgan fingerprint density at radius 2 is 2.03 bits per heavy atom. The zero-order chi connectivity index (χ0) is 21.0. The number of hydrogen-bond acceptors (Lipinski definition) is 4. The number of nitrogens with zero attached hydrogens (tertiary/aromatic N) is 4. The van der Waals surface area contributed by atoms with Crippen LogP contribution in [0.15, 0.2) is 48.0 Å². The van der Waals surface area contributed by atoms with Gasteiger partial charge in [-0.1, -0.05) is 24.3 Å². The molecule has 0 aliphatic carbocycles. The number of ether oxygens (including phenoxy) is 2. The SMILES string of the molecule is CCNC(=NCc1cccc(Cn2ccnc2)c1)N1CCC(OCCCOC)CC1.I. The van der Waals surface area contributed by atoms with Crippen LogP contribution in [0, 0.1) is 0 Å². The summed E-state index contributed by atoms with van der Waals surface area (Å²) in [5, 5.41) is 3.45. The van der Waals surface area contributed by atoms with Crippen LogP contribution in [0.2, 0.25) is 0 Å². The van der Waals surface area contributed by atoms with Crippen molar-refractivity contribution in [2.24, 2.45) is 4.99 Å². The average molecular weight is 541 g/mol. The summed E-state index contributed by atoms with van der Waals surface area (Å²) in [6.07, 6.45) is 9.03. The summed E-state index contributed by atoms with van der Waals surface area (Å²) in [7, 11) is 1.73. The van der Waals surface area contributed by atoms with E-state index >= 15 is 0 Å². The molecular formula is C23H36IN5O2. The minimum atomic E-state index is 0. The van der Waals surface area contributed by atoms with Crippen molar-refractivity contribution in [1.82, 2.24) is 19.8 Å². The lowest BCUT2D eigenvalue weighted by Gasteiger charge is -2.34. The summed E-state index contributed by atoms with van der Waals surface area (Å²) < 4.78 is 13.1. The van der Waals surface area contributed by atoms with Gasteiger partial charge in [0.15, 0.2) is 5.96 Å². The Kier molecular flexibility index (Phi) is 11.9. The number of likely N-dealkylation sites (tertiary alicyclic amines) is 1. The fourth-order valence-corrected chi connectivity index (χ4v) is 3.70. The molecule has 7 nitrogen and oxygen atoms in total. The Bertz CT molecular complexity index is 761. The van der Waals surface area contributed by atoms with Gasteiger partial charge in [-0.3, -0.25) is 0 Å². The van der Waals surface area contributed by atoms with Crippen LogP contribution in [0.5, 0.6) is 0 Å². The Morgan fingerprint density at radius 3 is 2.74 bits per heavy atom. The molecular weight excluding hydrogens is 505 g/mol. The third-order valence-electron chi connectivity index (χ3n) is 5.25. The summed E-state index contributed by atoms with van der Waals surface area (Å²) in [6, 6.07) is 8.63. The maximum Gasteiger partial charge on any atom is 0.194 e. The fraction of sp³-hybridized carbons (Fsp3) is 0.565. The maximum atomic E-state index is 5.99. The zero-order valence-corrected chi connectivity index (χ0v) is 21.0. The number of halogens is 1. The van der Waals surface area contributed by atoms with Crippen LogP contribution in [0.25, 0.3) is 0 Å². The van der Waals surface area contributed by atoms with Crippen LogP contribution in [-0.4, -0.2) is 66.5 Å². The van der Waals surface area contributed by atoms with E-state index in [1.165, 1.54) is 11.1 Å².